The van der Waals surface area contributed by atoms with E-state index in [0.717, 1.165) is 29.5 Å². The van der Waals surface area contributed by atoms with E-state index >= 15 is 0 Å². The van der Waals surface area contributed by atoms with Crippen LogP contribution >= 0.6 is 0 Å². The van der Waals surface area contributed by atoms with Gasteiger partial charge in [0.2, 0.25) is 0 Å². The number of rotatable bonds is 12. The van der Waals surface area contributed by atoms with Crippen molar-refractivity contribution in [2.24, 2.45) is 0 Å². The smallest absolute Gasteiger partial charge is 0.193 e. The monoisotopic (exact) mass is 440 g/mol. The van der Waals surface area contributed by atoms with Gasteiger partial charge in [0.25, 0.3) is 0 Å². The predicted octanol–water partition coefficient (Wildman–Crippen LogP) is 7.76. The van der Waals surface area contributed by atoms with Crippen molar-refractivity contribution in [3.8, 4) is 11.5 Å². The van der Waals surface area contributed by atoms with Crippen molar-refractivity contribution in [3.63, 3.8) is 0 Å². The standard InChI is InChI=1S/C30H32O3/c1-2-3-4-7-15-25(22-24-13-8-5-9-14-24)20-21-28(32)30-27(31)18-12-19-29(30)33-23-26-16-10-6-11-17-26/h5-6,8-14,16-22,31H,2-4,7,15,23H2,1H3/b21-20+,25-22+. The Morgan fingerprint density at radius 2 is 1.58 bits per heavy atom. The maximum atomic E-state index is 13.1. The predicted molar refractivity (Wildman–Crippen MR) is 136 cm³/mol. The number of hydrogen-bond donors (Lipinski definition) is 1. The first-order valence-electron chi connectivity index (χ1n) is 11.6. The van der Waals surface area contributed by atoms with E-state index in [1.54, 1.807) is 18.2 Å². The Bertz CT molecular complexity index is 1070. The zero-order valence-corrected chi connectivity index (χ0v) is 19.2. The fraction of sp³-hybridized carbons (Fsp3) is 0.233. The van der Waals surface area contributed by atoms with Gasteiger partial charge < -0.3 is 9.84 Å². The fourth-order valence-electron chi connectivity index (χ4n) is 3.61. The lowest BCUT2D eigenvalue weighted by Crippen LogP contribution is -2.03. The highest BCUT2D eigenvalue weighted by atomic mass is 16.5. The summed E-state index contributed by atoms with van der Waals surface area (Å²) in [4.78, 5) is 13.1. The highest BCUT2D eigenvalue weighted by molar-refractivity contribution is 6.08. The van der Waals surface area contributed by atoms with E-state index < -0.39 is 0 Å². The van der Waals surface area contributed by atoms with Gasteiger partial charge in [0.15, 0.2) is 5.78 Å². The molecule has 0 bridgehead atoms. The number of carbonyl (C=O) groups excluding carboxylic acids is 1. The molecule has 0 unspecified atom stereocenters. The van der Waals surface area contributed by atoms with Crippen molar-refractivity contribution >= 4 is 11.9 Å². The van der Waals surface area contributed by atoms with Crippen molar-refractivity contribution in [1.82, 2.24) is 0 Å². The highest BCUT2D eigenvalue weighted by Gasteiger charge is 2.15. The van der Waals surface area contributed by atoms with Crippen molar-refractivity contribution < 1.29 is 14.6 Å². The van der Waals surface area contributed by atoms with Gasteiger partial charge >= 0.3 is 0 Å². The molecule has 0 aliphatic carbocycles. The van der Waals surface area contributed by atoms with Gasteiger partial charge in [0, 0.05) is 0 Å². The first-order chi connectivity index (χ1) is 16.2. The molecule has 0 aromatic heterocycles. The number of ether oxygens (including phenoxy) is 1. The lowest BCUT2D eigenvalue weighted by Gasteiger charge is -2.11. The summed E-state index contributed by atoms with van der Waals surface area (Å²) in [6, 6.07) is 24.8. The van der Waals surface area contributed by atoms with E-state index in [1.165, 1.54) is 25.3 Å². The van der Waals surface area contributed by atoms with E-state index in [9.17, 15) is 9.90 Å². The van der Waals surface area contributed by atoms with Crippen molar-refractivity contribution in [2.45, 2.75) is 45.6 Å². The Kier molecular flexibility index (Phi) is 9.53. The molecule has 3 rings (SSSR count). The summed E-state index contributed by atoms with van der Waals surface area (Å²) in [5, 5.41) is 10.4. The number of unbranched alkanes of at least 4 members (excludes halogenated alkanes) is 3. The van der Waals surface area contributed by atoms with E-state index in [-0.39, 0.29) is 17.1 Å². The van der Waals surface area contributed by atoms with Crippen LogP contribution in [0.1, 0.15) is 60.5 Å². The molecule has 0 radical (unpaired) electrons. The minimum atomic E-state index is -0.274. The van der Waals surface area contributed by atoms with Crippen LogP contribution in [0.15, 0.2) is 96.6 Å². The number of allylic oxidation sites excluding steroid dienone is 3. The van der Waals surface area contributed by atoms with Gasteiger partial charge in [0.1, 0.15) is 23.7 Å². The summed E-state index contributed by atoms with van der Waals surface area (Å²) in [6.45, 7) is 2.52. The molecular formula is C30H32O3. The number of hydrogen-bond acceptors (Lipinski definition) is 3. The molecule has 0 fully saturated rings. The number of carbonyl (C=O) groups is 1. The van der Waals surface area contributed by atoms with Crippen LogP contribution in [0.25, 0.3) is 6.08 Å². The first-order valence-corrected chi connectivity index (χ1v) is 11.6. The molecule has 0 atom stereocenters. The molecule has 0 saturated heterocycles. The molecule has 3 heteroatoms. The second-order valence-electron chi connectivity index (χ2n) is 8.06. The number of benzene rings is 3. The third-order valence-corrected chi connectivity index (χ3v) is 5.41. The fourth-order valence-corrected chi connectivity index (χ4v) is 3.61. The van der Waals surface area contributed by atoms with Crippen LogP contribution in [-0.2, 0) is 6.61 Å². The van der Waals surface area contributed by atoms with Crippen LogP contribution in [0.2, 0.25) is 0 Å². The van der Waals surface area contributed by atoms with E-state index in [0.29, 0.717) is 12.4 Å². The maximum Gasteiger partial charge on any atom is 0.193 e. The molecular weight excluding hydrogens is 408 g/mol. The summed E-state index contributed by atoms with van der Waals surface area (Å²) in [6.07, 6.45) is 11.1. The van der Waals surface area contributed by atoms with Crippen LogP contribution in [-0.4, -0.2) is 10.9 Å². The van der Waals surface area contributed by atoms with Crippen LogP contribution in [0.3, 0.4) is 0 Å². The van der Waals surface area contributed by atoms with Gasteiger partial charge in [-0.2, -0.15) is 0 Å². The van der Waals surface area contributed by atoms with Crippen LogP contribution < -0.4 is 4.74 Å². The third-order valence-electron chi connectivity index (χ3n) is 5.41. The molecule has 0 aliphatic heterocycles. The minimum absolute atomic E-state index is 0.0771. The summed E-state index contributed by atoms with van der Waals surface area (Å²) >= 11 is 0. The van der Waals surface area contributed by atoms with Gasteiger partial charge in [-0.15, -0.1) is 0 Å². The molecule has 33 heavy (non-hydrogen) atoms. The van der Waals surface area contributed by atoms with Gasteiger partial charge in [-0.05, 0) is 47.8 Å². The van der Waals surface area contributed by atoms with E-state index in [4.69, 9.17) is 4.74 Å². The zero-order valence-electron chi connectivity index (χ0n) is 19.2. The summed E-state index contributed by atoms with van der Waals surface area (Å²) in [5.74, 6) is 0.0282. The van der Waals surface area contributed by atoms with Gasteiger partial charge in [-0.3, -0.25) is 4.79 Å². The second kappa shape index (κ2) is 13.1. The van der Waals surface area contributed by atoms with Gasteiger partial charge in [-0.25, -0.2) is 0 Å². The summed E-state index contributed by atoms with van der Waals surface area (Å²) in [7, 11) is 0. The largest absolute Gasteiger partial charge is 0.507 e. The first kappa shape index (κ1) is 24.1. The number of phenols is 1. The van der Waals surface area contributed by atoms with Crippen molar-refractivity contribution in [2.75, 3.05) is 0 Å². The molecule has 0 spiro atoms. The van der Waals surface area contributed by atoms with Gasteiger partial charge in [0.05, 0.1) is 0 Å². The molecule has 0 saturated carbocycles. The van der Waals surface area contributed by atoms with Crippen molar-refractivity contribution in [3.05, 3.63) is 113 Å². The lowest BCUT2D eigenvalue weighted by molar-refractivity contribution is 0.104. The summed E-state index contributed by atoms with van der Waals surface area (Å²) in [5.41, 5.74) is 3.38. The van der Waals surface area contributed by atoms with Crippen molar-refractivity contribution in [1.29, 1.82) is 0 Å². The normalized spacial score (nSPS) is 11.6. The van der Waals surface area contributed by atoms with E-state index in [2.05, 4.69) is 25.1 Å². The topological polar surface area (TPSA) is 46.5 Å². The lowest BCUT2D eigenvalue weighted by atomic mass is 10.0. The molecule has 3 nitrogen and oxygen atoms in total. The molecule has 0 amide bonds. The molecule has 0 heterocycles. The Labute approximate surface area is 197 Å². The maximum absolute atomic E-state index is 13.1. The Hall–Kier alpha value is -3.59. The molecule has 1 N–H and O–H groups in total. The average Bonchev–Trinajstić information content (AvgIpc) is 2.85. The van der Waals surface area contributed by atoms with Crippen LogP contribution in [0.5, 0.6) is 11.5 Å². The molecule has 3 aromatic carbocycles. The number of aromatic hydroxyl groups is 1. The number of ketones is 1. The second-order valence-corrected chi connectivity index (χ2v) is 8.06. The van der Waals surface area contributed by atoms with Crippen LogP contribution in [0.4, 0.5) is 0 Å². The minimum Gasteiger partial charge on any atom is -0.507 e. The van der Waals surface area contributed by atoms with Crippen LogP contribution in [0, 0.1) is 0 Å². The molecule has 0 aliphatic rings. The number of phenolic OH excluding ortho intramolecular Hbond substituents is 1. The SMILES string of the molecule is CCCCCCC(/C=C/C(=O)c1c(O)cccc1OCc1ccccc1)=C\c1ccccc1. The summed E-state index contributed by atoms with van der Waals surface area (Å²) < 4.78 is 5.89. The Balaban J connectivity index is 1.78. The Morgan fingerprint density at radius 1 is 0.848 bits per heavy atom. The molecule has 3 aromatic rings. The zero-order chi connectivity index (χ0) is 23.3. The third kappa shape index (κ3) is 7.80. The van der Waals surface area contributed by atoms with Gasteiger partial charge in [-0.1, -0.05) is 105 Å². The Morgan fingerprint density at radius 3 is 2.30 bits per heavy atom. The molecule has 170 valence electrons. The highest BCUT2D eigenvalue weighted by Crippen LogP contribution is 2.29. The average molecular weight is 441 g/mol. The quantitative estimate of drug-likeness (QED) is 0.135. The van der Waals surface area contributed by atoms with E-state index in [1.807, 2.05) is 54.6 Å².